The average Bonchev–Trinajstić information content (AvgIpc) is 2.95. The maximum absolute atomic E-state index is 6.18. The number of aromatic nitrogens is 2. The van der Waals surface area contributed by atoms with Gasteiger partial charge in [0.15, 0.2) is 0 Å². The molecule has 22 heavy (non-hydrogen) atoms. The van der Waals surface area contributed by atoms with Crippen LogP contribution in [0.5, 0.6) is 0 Å². The number of ether oxygens (including phenoxy) is 1. The first-order chi connectivity index (χ1) is 10.8. The molecule has 0 aliphatic carbocycles. The molecule has 6 nitrogen and oxygen atoms in total. The molecule has 118 valence electrons. The fourth-order valence-electron chi connectivity index (χ4n) is 2.24. The second-order valence-corrected chi connectivity index (χ2v) is 4.89. The third kappa shape index (κ3) is 4.08. The van der Waals surface area contributed by atoms with Crippen LogP contribution in [0.1, 0.15) is 17.8 Å². The highest BCUT2D eigenvalue weighted by atomic mass is 16.5. The summed E-state index contributed by atoms with van der Waals surface area (Å²) in [7, 11) is 3.56. The van der Waals surface area contributed by atoms with Gasteiger partial charge in [0.05, 0.1) is 17.9 Å². The molecule has 0 saturated carbocycles. The molecular formula is C16H23N5O. The van der Waals surface area contributed by atoms with Crippen LogP contribution in [0.3, 0.4) is 0 Å². The Balaban J connectivity index is 2.19. The van der Waals surface area contributed by atoms with Crippen molar-refractivity contribution in [1.29, 1.82) is 0 Å². The summed E-state index contributed by atoms with van der Waals surface area (Å²) < 4.78 is 7.08. The minimum absolute atomic E-state index is 0.529. The van der Waals surface area contributed by atoms with Crippen molar-refractivity contribution < 1.29 is 4.74 Å². The Kier molecular flexibility index (Phi) is 5.97. The van der Waals surface area contributed by atoms with E-state index in [2.05, 4.69) is 19.9 Å². The number of anilines is 1. The van der Waals surface area contributed by atoms with E-state index in [0.717, 1.165) is 23.5 Å². The van der Waals surface area contributed by atoms with E-state index in [-0.39, 0.29) is 0 Å². The molecular weight excluding hydrogens is 278 g/mol. The minimum Gasteiger partial charge on any atom is -0.386 e. The third-order valence-corrected chi connectivity index (χ3v) is 3.32. The topological polar surface area (TPSA) is 77.5 Å². The van der Waals surface area contributed by atoms with Crippen molar-refractivity contribution in [3.8, 4) is 0 Å². The SMILES string of the molecule is CNc1ccn(Cc2ccccn2)c1C(N)=NCCCOC. The fourth-order valence-corrected chi connectivity index (χ4v) is 2.24. The van der Waals surface area contributed by atoms with Crippen LogP contribution in [0, 0.1) is 0 Å². The van der Waals surface area contributed by atoms with Crippen molar-refractivity contribution >= 4 is 11.5 Å². The summed E-state index contributed by atoms with van der Waals surface area (Å²) in [6.07, 6.45) is 4.64. The van der Waals surface area contributed by atoms with Crippen LogP contribution in [0.15, 0.2) is 41.7 Å². The van der Waals surface area contributed by atoms with E-state index >= 15 is 0 Å². The molecule has 2 aromatic heterocycles. The van der Waals surface area contributed by atoms with Gasteiger partial charge in [0.1, 0.15) is 11.5 Å². The van der Waals surface area contributed by atoms with E-state index in [1.54, 1.807) is 13.3 Å². The molecule has 0 atom stereocenters. The van der Waals surface area contributed by atoms with Gasteiger partial charge in [0, 0.05) is 39.7 Å². The Morgan fingerprint density at radius 1 is 1.41 bits per heavy atom. The highest BCUT2D eigenvalue weighted by Crippen LogP contribution is 2.18. The van der Waals surface area contributed by atoms with Gasteiger partial charge in [-0.1, -0.05) is 6.07 Å². The maximum atomic E-state index is 6.18. The smallest absolute Gasteiger partial charge is 0.144 e. The number of pyridine rings is 1. The van der Waals surface area contributed by atoms with Gasteiger partial charge < -0.3 is 20.4 Å². The number of amidine groups is 1. The molecule has 0 bridgehead atoms. The van der Waals surface area contributed by atoms with E-state index in [1.807, 2.05) is 37.5 Å². The zero-order valence-electron chi connectivity index (χ0n) is 13.1. The van der Waals surface area contributed by atoms with Crippen LogP contribution in [-0.2, 0) is 11.3 Å². The molecule has 0 aliphatic rings. The van der Waals surface area contributed by atoms with Crippen LogP contribution in [0.4, 0.5) is 5.69 Å². The van der Waals surface area contributed by atoms with Gasteiger partial charge >= 0.3 is 0 Å². The van der Waals surface area contributed by atoms with Crippen molar-refractivity contribution in [3.63, 3.8) is 0 Å². The van der Waals surface area contributed by atoms with E-state index in [9.17, 15) is 0 Å². The number of rotatable bonds is 8. The predicted molar refractivity (Wildman–Crippen MR) is 89.4 cm³/mol. The van der Waals surface area contributed by atoms with Crippen LogP contribution >= 0.6 is 0 Å². The monoisotopic (exact) mass is 301 g/mol. The first kappa shape index (κ1) is 16.0. The number of hydrogen-bond donors (Lipinski definition) is 2. The predicted octanol–water partition coefficient (Wildman–Crippen LogP) is 1.71. The number of nitrogens with zero attached hydrogens (tertiary/aromatic N) is 3. The summed E-state index contributed by atoms with van der Waals surface area (Å²) in [4.78, 5) is 8.81. The Hall–Kier alpha value is -2.34. The average molecular weight is 301 g/mol. The van der Waals surface area contributed by atoms with Crippen LogP contribution in [0.25, 0.3) is 0 Å². The largest absolute Gasteiger partial charge is 0.386 e. The van der Waals surface area contributed by atoms with Crippen molar-refractivity contribution in [2.24, 2.45) is 10.7 Å². The summed E-state index contributed by atoms with van der Waals surface area (Å²) in [6.45, 7) is 1.99. The lowest BCUT2D eigenvalue weighted by Crippen LogP contribution is -2.21. The molecule has 0 amide bonds. The summed E-state index contributed by atoms with van der Waals surface area (Å²) in [6, 6.07) is 7.88. The lowest BCUT2D eigenvalue weighted by molar-refractivity contribution is 0.197. The molecule has 0 fully saturated rings. The van der Waals surface area contributed by atoms with Crippen molar-refractivity contribution in [1.82, 2.24) is 9.55 Å². The molecule has 2 heterocycles. The Labute approximate surface area is 131 Å². The van der Waals surface area contributed by atoms with Gasteiger partial charge in [-0.05, 0) is 24.6 Å². The Bertz CT molecular complexity index is 606. The summed E-state index contributed by atoms with van der Waals surface area (Å²) >= 11 is 0. The molecule has 0 unspecified atom stereocenters. The molecule has 0 aromatic carbocycles. The van der Waals surface area contributed by atoms with Gasteiger partial charge in [-0.25, -0.2) is 0 Å². The molecule has 6 heteroatoms. The van der Waals surface area contributed by atoms with Gasteiger partial charge in [-0.15, -0.1) is 0 Å². The van der Waals surface area contributed by atoms with E-state index in [0.29, 0.717) is 25.5 Å². The number of aliphatic imine (C=N–C) groups is 1. The first-order valence-electron chi connectivity index (χ1n) is 7.32. The number of nitrogens with one attached hydrogen (secondary N) is 1. The second kappa shape index (κ2) is 8.19. The summed E-state index contributed by atoms with van der Waals surface area (Å²) in [5.41, 5.74) is 9.02. The van der Waals surface area contributed by atoms with Gasteiger partial charge in [0.25, 0.3) is 0 Å². The molecule has 2 aromatic rings. The Morgan fingerprint density at radius 3 is 2.95 bits per heavy atom. The molecule has 3 N–H and O–H groups in total. The lowest BCUT2D eigenvalue weighted by Gasteiger charge is -2.11. The molecule has 0 spiro atoms. The zero-order valence-corrected chi connectivity index (χ0v) is 13.1. The number of methoxy groups -OCH3 is 1. The van der Waals surface area contributed by atoms with Gasteiger partial charge in [0.2, 0.25) is 0 Å². The number of nitrogens with two attached hydrogens (primary N) is 1. The van der Waals surface area contributed by atoms with Crippen molar-refractivity contribution in [2.45, 2.75) is 13.0 Å². The standard InChI is InChI=1S/C16H23N5O/c1-18-14-7-10-21(12-13-6-3-4-8-19-13)15(14)16(17)20-9-5-11-22-2/h3-4,6-8,10,18H,5,9,11-12H2,1-2H3,(H2,17,20). The molecule has 0 aliphatic heterocycles. The van der Waals surface area contributed by atoms with Crippen molar-refractivity contribution in [3.05, 3.63) is 48.0 Å². The fraction of sp³-hybridized carbons (Fsp3) is 0.375. The van der Waals surface area contributed by atoms with Crippen molar-refractivity contribution in [2.75, 3.05) is 32.6 Å². The lowest BCUT2D eigenvalue weighted by atomic mass is 10.3. The zero-order chi connectivity index (χ0) is 15.8. The van der Waals surface area contributed by atoms with Crippen LogP contribution < -0.4 is 11.1 Å². The molecule has 0 radical (unpaired) electrons. The summed E-state index contributed by atoms with van der Waals surface area (Å²) in [5.74, 6) is 0.529. The van der Waals surface area contributed by atoms with E-state index in [1.165, 1.54) is 0 Å². The van der Waals surface area contributed by atoms with E-state index in [4.69, 9.17) is 10.5 Å². The van der Waals surface area contributed by atoms with E-state index < -0.39 is 0 Å². The first-order valence-corrected chi connectivity index (χ1v) is 7.32. The second-order valence-electron chi connectivity index (χ2n) is 4.89. The highest BCUT2D eigenvalue weighted by molar-refractivity contribution is 6.01. The molecule has 0 saturated heterocycles. The molecule has 2 rings (SSSR count). The highest BCUT2D eigenvalue weighted by Gasteiger charge is 2.12. The van der Waals surface area contributed by atoms with Crippen LogP contribution in [-0.4, -0.2) is 42.7 Å². The maximum Gasteiger partial charge on any atom is 0.144 e. The van der Waals surface area contributed by atoms with Crippen LogP contribution in [0.2, 0.25) is 0 Å². The summed E-state index contributed by atoms with van der Waals surface area (Å²) in [5, 5.41) is 3.16. The normalized spacial score (nSPS) is 11.6. The van der Waals surface area contributed by atoms with Gasteiger partial charge in [-0.2, -0.15) is 0 Å². The van der Waals surface area contributed by atoms with Gasteiger partial charge in [-0.3, -0.25) is 9.98 Å². The minimum atomic E-state index is 0.529. The Morgan fingerprint density at radius 2 is 2.27 bits per heavy atom. The quantitative estimate of drug-likeness (QED) is 0.442. The number of hydrogen-bond acceptors (Lipinski definition) is 4. The third-order valence-electron chi connectivity index (χ3n) is 3.32.